The number of hydrogen-bond acceptors (Lipinski definition) is 6. The molecule has 2 N–H and O–H groups in total. The summed E-state index contributed by atoms with van der Waals surface area (Å²) in [6.45, 7) is 1.18. The van der Waals surface area contributed by atoms with E-state index in [2.05, 4.69) is 25.6 Å². The second-order valence-electron chi connectivity index (χ2n) is 4.35. The van der Waals surface area contributed by atoms with Crippen LogP contribution in [0.2, 0.25) is 0 Å². The summed E-state index contributed by atoms with van der Waals surface area (Å²) in [6.07, 6.45) is 3.13. The van der Waals surface area contributed by atoms with Crippen molar-refractivity contribution in [2.45, 2.75) is 13.1 Å². The smallest absolute Gasteiger partial charge is 0.321 e. The number of anilines is 1. The van der Waals surface area contributed by atoms with Crippen molar-refractivity contribution in [3.05, 3.63) is 34.5 Å². The quantitative estimate of drug-likeness (QED) is 0.868. The lowest BCUT2D eigenvalue weighted by atomic mass is 10.4. The Labute approximate surface area is 121 Å². The average Bonchev–Trinajstić information content (AvgIpc) is 2.84. The zero-order valence-corrected chi connectivity index (χ0v) is 12.1. The Morgan fingerprint density at radius 2 is 2.10 bits per heavy atom. The highest BCUT2D eigenvalue weighted by Gasteiger charge is 2.06. The molecule has 2 aromatic rings. The number of carbonyl (C=O) groups is 1. The molecular weight excluding hydrogens is 276 g/mol. The van der Waals surface area contributed by atoms with Crippen LogP contribution in [-0.4, -0.2) is 40.0 Å². The van der Waals surface area contributed by atoms with E-state index in [1.807, 2.05) is 24.4 Å². The van der Waals surface area contributed by atoms with Crippen LogP contribution < -0.4 is 10.6 Å². The van der Waals surface area contributed by atoms with Gasteiger partial charge in [-0.1, -0.05) is 0 Å². The van der Waals surface area contributed by atoms with Gasteiger partial charge in [0.1, 0.15) is 5.01 Å². The first-order chi connectivity index (χ1) is 9.63. The minimum atomic E-state index is -0.347. The van der Waals surface area contributed by atoms with E-state index in [9.17, 15) is 4.79 Å². The Bertz CT molecular complexity index is 556. The fraction of sp³-hybridized carbons (Fsp3) is 0.333. The van der Waals surface area contributed by atoms with Gasteiger partial charge >= 0.3 is 6.03 Å². The maximum Gasteiger partial charge on any atom is 0.321 e. The molecule has 0 fully saturated rings. The third kappa shape index (κ3) is 4.56. The van der Waals surface area contributed by atoms with Gasteiger partial charge in [0.15, 0.2) is 0 Å². The molecule has 8 heteroatoms. The maximum absolute atomic E-state index is 11.6. The van der Waals surface area contributed by atoms with Crippen molar-refractivity contribution in [3.8, 4) is 0 Å². The number of nitrogens with one attached hydrogen (secondary N) is 2. The molecule has 0 bridgehead atoms. The lowest BCUT2D eigenvalue weighted by Crippen LogP contribution is -2.28. The highest BCUT2D eigenvalue weighted by molar-refractivity contribution is 7.09. The normalized spacial score (nSPS) is 10.6. The van der Waals surface area contributed by atoms with Crippen molar-refractivity contribution in [1.29, 1.82) is 0 Å². The molecule has 0 spiro atoms. The van der Waals surface area contributed by atoms with Gasteiger partial charge in [0, 0.05) is 24.3 Å². The molecule has 2 amide bonds. The second kappa shape index (κ2) is 6.92. The van der Waals surface area contributed by atoms with Crippen LogP contribution in [0.25, 0.3) is 0 Å². The molecule has 0 unspecified atom stereocenters. The number of thiazole rings is 1. The first-order valence-electron chi connectivity index (χ1n) is 6.03. The number of nitrogens with zero attached hydrogens (tertiary/aromatic N) is 4. The molecule has 0 radical (unpaired) electrons. The van der Waals surface area contributed by atoms with Gasteiger partial charge in [0.2, 0.25) is 5.95 Å². The summed E-state index contributed by atoms with van der Waals surface area (Å²) in [4.78, 5) is 25.9. The molecule has 0 aromatic carbocycles. The number of urea groups is 1. The topological polar surface area (TPSA) is 83.0 Å². The van der Waals surface area contributed by atoms with Crippen molar-refractivity contribution < 1.29 is 4.79 Å². The predicted octanol–water partition coefficient (Wildman–Crippen LogP) is 1.32. The Balaban J connectivity index is 1.80. The van der Waals surface area contributed by atoms with Crippen LogP contribution in [0.3, 0.4) is 0 Å². The van der Waals surface area contributed by atoms with Gasteiger partial charge in [0.25, 0.3) is 0 Å². The summed E-state index contributed by atoms with van der Waals surface area (Å²) in [5, 5.41) is 8.13. The lowest BCUT2D eigenvalue weighted by Gasteiger charge is -2.06. The summed E-state index contributed by atoms with van der Waals surface area (Å²) < 4.78 is 0. The van der Waals surface area contributed by atoms with Crippen molar-refractivity contribution >= 4 is 23.3 Å². The van der Waals surface area contributed by atoms with E-state index in [0.717, 1.165) is 17.2 Å². The molecule has 0 aliphatic rings. The zero-order chi connectivity index (χ0) is 14.4. The van der Waals surface area contributed by atoms with Gasteiger partial charge in [0.05, 0.1) is 12.2 Å². The Kier molecular flexibility index (Phi) is 4.97. The molecule has 0 aliphatic carbocycles. The van der Waals surface area contributed by atoms with Gasteiger partial charge < -0.3 is 10.2 Å². The van der Waals surface area contributed by atoms with Gasteiger partial charge in [-0.25, -0.2) is 19.7 Å². The number of amides is 2. The highest BCUT2D eigenvalue weighted by atomic mass is 32.1. The second-order valence-corrected chi connectivity index (χ2v) is 5.29. The van der Waals surface area contributed by atoms with Gasteiger partial charge in [-0.3, -0.25) is 5.32 Å². The lowest BCUT2D eigenvalue weighted by molar-refractivity contribution is 0.251. The van der Waals surface area contributed by atoms with Crippen LogP contribution in [0.1, 0.15) is 10.7 Å². The minimum absolute atomic E-state index is 0.275. The third-order valence-electron chi connectivity index (χ3n) is 2.27. The van der Waals surface area contributed by atoms with E-state index in [1.165, 1.54) is 11.3 Å². The Morgan fingerprint density at radius 1 is 1.35 bits per heavy atom. The summed E-state index contributed by atoms with van der Waals surface area (Å²) in [7, 11) is 3.98. The van der Waals surface area contributed by atoms with Crippen LogP contribution in [0.4, 0.5) is 10.7 Å². The summed E-state index contributed by atoms with van der Waals surface area (Å²) in [6, 6.07) is 1.34. The molecule has 2 aromatic heterocycles. The first kappa shape index (κ1) is 14.4. The summed E-state index contributed by atoms with van der Waals surface area (Å²) >= 11 is 1.53. The molecule has 0 atom stereocenters. The third-order valence-corrected chi connectivity index (χ3v) is 3.17. The molecule has 0 saturated heterocycles. The molecule has 0 saturated carbocycles. The average molecular weight is 292 g/mol. The fourth-order valence-corrected chi connectivity index (χ4v) is 2.22. The van der Waals surface area contributed by atoms with Crippen LogP contribution >= 0.6 is 11.3 Å². The maximum atomic E-state index is 11.6. The Morgan fingerprint density at radius 3 is 2.80 bits per heavy atom. The molecule has 20 heavy (non-hydrogen) atoms. The number of hydrogen-bond donors (Lipinski definition) is 2. The van der Waals surface area contributed by atoms with Crippen LogP contribution in [-0.2, 0) is 13.1 Å². The van der Waals surface area contributed by atoms with Crippen molar-refractivity contribution in [2.24, 2.45) is 0 Å². The van der Waals surface area contributed by atoms with E-state index in [-0.39, 0.29) is 12.0 Å². The SMILES string of the molecule is CN(C)Cc1csc(CNC(=O)Nc2ncccn2)n1. The molecule has 2 heterocycles. The molecule has 0 aliphatic heterocycles. The zero-order valence-electron chi connectivity index (χ0n) is 11.3. The number of carbonyl (C=O) groups excluding carboxylic acids is 1. The van der Waals surface area contributed by atoms with E-state index < -0.39 is 0 Å². The minimum Gasteiger partial charge on any atom is -0.331 e. The van der Waals surface area contributed by atoms with E-state index >= 15 is 0 Å². The van der Waals surface area contributed by atoms with Crippen molar-refractivity contribution in [1.82, 2.24) is 25.2 Å². The highest BCUT2D eigenvalue weighted by Crippen LogP contribution is 2.10. The standard InChI is InChI=1S/C12H16N6OS/c1-18(2)7-9-8-20-10(16-9)6-15-12(19)17-11-13-4-3-5-14-11/h3-5,8H,6-7H2,1-2H3,(H2,13,14,15,17,19). The first-order valence-corrected chi connectivity index (χ1v) is 6.91. The monoisotopic (exact) mass is 292 g/mol. The fourth-order valence-electron chi connectivity index (χ4n) is 1.49. The van der Waals surface area contributed by atoms with E-state index in [0.29, 0.717) is 6.54 Å². The number of aromatic nitrogens is 3. The molecule has 106 valence electrons. The van der Waals surface area contributed by atoms with Crippen LogP contribution in [0.15, 0.2) is 23.8 Å². The molecule has 2 rings (SSSR count). The van der Waals surface area contributed by atoms with Crippen molar-refractivity contribution in [2.75, 3.05) is 19.4 Å². The summed E-state index contributed by atoms with van der Waals surface area (Å²) in [5.74, 6) is 0.275. The van der Waals surface area contributed by atoms with Gasteiger partial charge in [-0.15, -0.1) is 11.3 Å². The van der Waals surface area contributed by atoms with E-state index in [4.69, 9.17) is 0 Å². The number of rotatable bonds is 5. The molecular formula is C12H16N6OS. The largest absolute Gasteiger partial charge is 0.331 e. The van der Waals surface area contributed by atoms with E-state index in [1.54, 1.807) is 18.5 Å². The van der Waals surface area contributed by atoms with Crippen molar-refractivity contribution in [3.63, 3.8) is 0 Å². The molecule has 7 nitrogen and oxygen atoms in total. The van der Waals surface area contributed by atoms with Gasteiger partial charge in [-0.05, 0) is 20.2 Å². The Hall–Kier alpha value is -2.06. The van der Waals surface area contributed by atoms with Gasteiger partial charge in [-0.2, -0.15) is 0 Å². The van der Waals surface area contributed by atoms with Crippen LogP contribution in [0, 0.1) is 0 Å². The van der Waals surface area contributed by atoms with Crippen LogP contribution in [0.5, 0.6) is 0 Å². The summed E-state index contributed by atoms with van der Waals surface area (Å²) in [5.41, 5.74) is 1.00. The predicted molar refractivity (Wildman–Crippen MR) is 77.4 cm³/mol.